The van der Waals surface area contributed by atoms with E-state index in [9.17, 15) is 5.11 Å². The van der Waals surface area contributed by atoms with Gasteiger partial charge in [-0.1, -0.05) is 13.8 Å². The second kappa shape index (κ2) is 5.00. The molecule has 2 heterocycles. The number of nitriles is 1. The summed E-state index contributed by atoms with van der Waals surface area (Å²) >= 11 is 0. The van der Waals surface area contributed by atoms with E-state index in [0.717, 1.165) is 0 Å². The summed E-state index contributed by atoms with van der Waals surface area (Å²) in [6.07, 6.45) is -1.80. The van der Waals surface area contributed by atoms with Crippen LogP contribution in [0.2, 0.25) is 0 Å². The van der Waals surface area contributed by atoms with Crippen LogP contribution in [0.1, 0.15) is 34.1 Å². The van der Waals surface area contributed by atoms with Crippen molar-refractivity contribution in [3.63, 3.8) is 0 Å². The van der Waals surface area contributed by atoms with Gasteiger partial charge >= 0.3 is 0 Å². The zero-order chi connectivity index (χ0) is 14.3. The molecule has 2 aliphatic rings. The number of ether oxygens (including phenoxy) is 3. The summed E-state index contributed by atoms with van der Waals surface area (Å²) in [5.74, 6) is -0.796. The predicted molar refractivity (Wildman–Crippen MR) is 67.0 cm³/mol. The van der Waals surface area contributed by atoms with Gasteiger partial charge in [0.15, 0.2) is 12.1 Å². The summed E-state index contributed by atoms with van der Waals surface area (Å²) in [4.78, 5) is 0. The van der Waals surface area contributed by atoms with E-state index in [1.54, 1.807) is 13.8 Å². The maximum atomic E-state index is 10.8. The maximum Gasteiger partial charge on any atom is 0.190 e. The first kappa shape index (κ1) is 14.7. The molecule has 0 aromatic rings. The van der Waals surface area contributed by atoms with Crippen molar-refractivity contribution in [3.8, 4) is 6.07 Å². The van der Waals surface area contributed by atoms with Gasteiger partial charge in [-0.15, -0.1) is 0 Å². The largest absolute Gasteiger partial charge is 0.383 e. The first-order valence-electron chi connectivity index (χ1n) is 6.62. The fraction of sp³-hybridized carbons (Fsp3) is 0.923. The molecule has 2 saturated heterocycles. The Kier molecular flexibility index (Phi) is 3.87. The van der Waals surface area contributed by atoms with Gasteiger partial charge < -0.3 is 24.6 Å². The maximum absolute atomic E-state index is 10.8. The van der Waals surface area contributed by atoms with Gasteiger partial charge in [-0.05, 0) is 13.8 Å². The highest BCUT2D eigenvalue weighted by Gasteiger charge is 2.62. The fourth-order valence-corrected chi connectivity index (χ4v) is 2.54. The van der Waals surface area contributed by atoms with Gasteiger partial charge in [-0.25, -0.2) is 0 Å². The van der Waals surface area contributed by atoms with E-state index < -0.39 is 29.9 Å². The molecule has 6 nitrogen and oxygen atoms in total. The molecule has 2 fully saturated rings. The van der Waals surface area contributed by atoms with Crippen LogP contribution in [0.15, 0.2) is 0 Å². The number of rotatable bonds is 4. The average Bonchev–Trinajstić information content (AvgIpc) is 2.70. The van der Waals surface area contributed by atoms with Gasteiger partial charge in [-0.2, -0.15) is 5.26 Å². The summed E-state index contributed by atoms with van der Waals surface area (Å²) in [5, 5.41) is 22.9. The minimum atomic E-state index is -1.34. The lowest BCUT2D eigenvalue weighted by atomic mass is 9.89. The van der Waals surface area contributed by atoms with Crippen LogP contribution < -0.4 is 5.32 Å². The van der Waals surface area contributed by atoms with Gasteiger partial charge in [0.25, 0.3) is 0 Å². The number of hydrogen-bond donors (Lipinski definition) is 2. The van der Waals surface area contributed by atoms with Crippen molar-refractivity contribution >= 4 is 0 Å². The van der Waals surface area contributed by atoms with Crippen LogP contribution in [0, 0.1) is 11.3 Å². The lowest BCUT2D eigenvalue weighted by Gasteiger charge is -2.32. The average molecular weight is 270 g/mol. The molecule has 0 radical (unpaired) electrons. The Morgan fingerprint density at radius 2 is 2.05 bits per heavy atom. The monoisotopic (exact) mass is 270 g/mol. The van der Waals surface area contributed by atoms with E-state index in [4.69, 9.17) is 19.5 Å². The lowest BCUT2D eigenvalue weighted by molar-refractivity contribution is -0.227. The van der Waals surface area contributed by atoms with Crippen LogP contribution in [0.4, 0.5) is 0 Å². The van der Waals surface area contributed by atoms with Crippen molar-refractivity contribution in [3.05, 3.63) is 0 Å². The summed E-state index contributed by atoms with van der Waals surface area (Å²) < 4.78 is 17.0. The third-order valence-electron chi connectivity index (χ3n) is 3.48. The van der Waals surface area contributed by atoms with Crippen LogP contribution in [-0.2, 0) is 14.2 Å². The molecule has 0 aliphatic carbocycles. The van der Waals surface area contributed by atoms with Crippen molar-refractivity contribution in [2.75, 3.05) is 6.54 Å². The molecule has 2 rings (SSSR count). The second-order valence-electron chi connectivity index (χ2n) is 5.94. The predicted octanol–water partition coefficient (Wildman–Crippen LogP) is 0.506. The molecule has 0 unspecified atom stereocenters. The minimum Gasteiger partial charge on any atom is -0.383 e. The molecule has 0 spiro atoms. The SMILES string of the molecule is CC(C)NC[C@H]1O[C@@H]2OC(C)(C)O[C@@H]2[C@]1(O)CC#N. The Morgan fingerprint density at radius 1 is 1.37 bits per heavy atom. The van der Waals surface area contributed by atoms with Crippen LogP contribution >= 0.6 is 0 Å². The third kappa shape index (κ3) is 2.76. The van der Waals surface area contributed by atoms with Crippen molar-refractivity contribution in [1.82, 2.24) is 5.32 Å². The van der Waals surface area contributed by atoms with Crippen LogP contribution in [-0.4, -0.2) is 47.6 Å². The Bertz CT molecular complexity index is 379. The van der Waals surface area contributed by atoms with Gasteiger partial charge in [0.1, 0.15) is 17.8 Å². The zero-order valence-corrected chi connectivity index (χ0v) is 11.8. The number of nitrogens with one attached hydrogen (secondary N) is 1. The molecule has 0 amide bonds. The van der Waals surface area contributed by atoms with Crippen LogP contribution in [0.3, 0.4) is 0 Å². The lowest BCUT2D eigenvalue weighted by Crippen LogP contribution is -2.52. The standard InChI is InChI=1S/C13H22N2O4/c1-8(2)15-7-9-13(16,5-6-14)10-11(17-9)19-12(3,4)18-10/h8-11,15-16H,5,7H2,1-4H3/t9-,10+,11-,13+/m1/s1. The highest BCUT2D eigenvalue weighted by Crippen LogP contribution is 2.44. The van der Waals surface area contributed by atoms with E-state index in [0.29, 0.717) is 6.54 Å². The van der Waals surface area contributed by atoms with Crippen LogP contribution in [0.5, 0.6) is 0 Å². The summed E-state index contributed by atoms with van der Waals surface area (Å²) in [7, 11) is 0. The molecule has 19 heavy (non-hydrogen) atoms. The van der Waals surface area contributed by atoms with E-state index in [1.165, 1.54) is 0 Å². The number of fused-ring (bicyclic) bond motifs is 1. The van der Waals surface area contributed by atoms with Crippen molar-refractivity contribution in [2.24, 2.45) is 0 Å². The van der Waals surface area contributed by atoms with E-state index in [2.05, 4.69) is 5.32 Å². The van der Waals surface area contributed by atoms with Crippen LogP contribution in [0.25, 0.3) is 0 Å². The third-order valence-corrected chi connectivity index (χ3v) is 3.48. The van der Waals surface area contributed by atoms with Gasteiger partial charge in [-0.3, -0.25) is 0 Å². The normalized spacial score (nSPS) is 40.4. The quantitative estimate of drug-likeness (QED) is 0.774. The summed E-state index contributed by atoms with van der Waals surface area (Å²) in [5.41, 5.74) is -1.34. The smallest absolute Gasteiger partial charge is 0.190 e. The second-order valence-corrected chi connectivity index (χ2v) is 5.94. The summed E-state index contributed by atoms with van der Waals surface area (Å²) in [6.45, 7) is 8.01. The Balaban J connectivity index is 2.13. The molecule has 0 aromatic heterocycles. The number of nitrogens with zero attached hydrogens (tertiary/aromatic N) is 1. The molecule has 0 aromatic carbocycles. The molecule has 0 saturated carbocycles. The topological polar surface area (TPSA) is 83.7 Å². The molecule has 2 aliphatic heterocycles. The number of hydrogen-bond acceptors (Lipinski definition) is 6. The fourth-order valence-electron chi connectivity index (χ4n) is 2.54. The van der Waals surface area contributed by atoms with Gasteiger partial charge in [0, 0.05) is 12.6 Å². The highest BCUT2D eigenvalue weighted by atomic mass is 16.8. The van der Waals surface area contributed by atoms with E-state index in [1.807, 2.05) is 19.9 Å². The molecular formula is C13H22N2O4. The van der Waals surface area contributed by atoms with Crippen molar-refractivity contribution in [2.45, 2.75) is 70.0 Å². The number of aliphatic hydroxyl groups is 1. The van der Waals surface area contributed by atoms with Gasteiger partial charge in [0.05, 0.1) is 12.5 Å². The Labute approximate surface area is 113 Å². The summed E-state index contributed by atoms with van der Waals surface area (Å²) in [6, 6.07) is 2.29. The Hall–Kier alpha value is -0.710. The molecule has 4 atom stereocenters. The van der Waals surface area contributed by atoms with Gasteiger partial charge in [0.2, 0.25) is 0 Å². The molecule has 0 bridgehead atoms. The van der Waals surface area contributed by atoms with Crippen molar-refractivity contribution < 1.29 is 19.3 Å². The van der Waals surface area contributed by atoms with Crippen molar-refractivity contribution in [1.29, 1.82) is 5.26 Å². The first-order valence-corrected chi connectivity index (χ1v) is 6.62. The zero-order valence-electron chi connectivity index (χ0n) is 11.8. The van der Waals surface area contributed by atoms with E-state index >= 15 is 0 Å². The molecule has 2 N–H and O–H groups in total. The minimum absolute atomic E-state index is 0.0436. The molecular weight excluding hydrogens is 248 g/mol. The molecule has 108 valence electrons. The first-order chi connectivity index (χ1) is 8.78. The molecule has 6 heteroatoms. The van der Waals surface area contributed by atoms with E-state index in [-0.39, 0.29) is 12.5 Å². The Morgan fingerprint density at radius 3 is 2.63 bits per heavy atom. The highest BCUT2D eigenvalue weighted by molar-refractivity contribution is 5.09.